The largest absolute Gasteiger partial charge is 0.132 e. The lowest BCUT2D eigenvalue weighted by molar-refractivity contribution is -0.234. The average Bonchev–Trinajstić information content (AvgIpc) is 2.28. The Morgan fingerprint density at radius 1 is 1.38 bits per heavy atom. The monoisotopic (exact) mass is 244 g/mol. The number of halogens is 1. The van der Waals surface area contributed by atoms with Gasteiger partial charge in [-0.25, -0.2) is 0 Å². The van der Waals surface area contributed by atoms with E-state index in [-0.39, 0.29) is 5.54 Å². The summed E-state index contributed by atoms with van der Waals surface area (Å²) in [6.07, 6.45) is 1.79. The molecule has 1 fully saturated rings. The lowest BCUT2D eigenvalue weighted by Crippen LogP contribution is -2.45. The fraction of sp³-hybridized carbons (Fsp3) is 0.800. The van der Waals surface area contributed by atoms with E-state index in [1.54, 1.807) is 0 Å². The van der Waals surface area contributed by atoms with Crippen LogP contribution in [0.25, 0.3) is 0 Å². The van der Waals surface area contributed by atoms with Gasteiger partial charge in [0.25, 0.3) is 0 Å². The Morgan fingerprint density at radius 3 is 2.38 bits per heavy atom. The molecule has 1 radical (unpaired) electrons. The van der Waals surface area contributed by atoms with Crippen LogP contribution >= 0.6 is 15.9 Å². The lowest BCUT2D eigenvalue weighted by Gasteiger charge is -2.30. The van der Waals surface area contributed by atoms with Gasteiger partial charge < -0.3 is 0 Å². The Kier molecular flexibility index (Phi) is 3.06. The van der Waals surface area contributed by atoms with Gasteiger partial charge in [-0.05, 0) is 33.6 Å². The summed E-state index contributed by atoms with van der Waals surface area (Å²) in [5, 5.41) is 13.6. The Bertz CT molecular complexity index is 253. The molecular weight excluding hydrogens is 230 g/mol. The first-order chi connectivity index (χ1) is 5.92. The highest BCUT2D eigenvalue weighted by molar-refractivity contribution is 9.09. The Hall–Kier alpha value is -0.0400. The van der Waals surface area contributed by atoms with Crippen molar-refractivity contribution in [3.05, 3.63) is 0 Å². The maximum Gasteiger partial charge on any atom is 0.107 e. The van der Waals surface area contributed by atoms with E-state index in [9.17, 15) is 5.21 Å². The van der Waals surface area contributed by atoms with Gasteiger partial charge in [0.15, 0.2) is 0 Å². The van der Waals surface area contributed by atoms with Crippen molar-refractivity contribution in [2.75, 3.05) is 5.33 Å². The molecule has 0 spiro atoms. The number of hydrogen-bond acceptors (Lipinski definition) is 1. The van der Waals surface area contributed by atoms with Crippen LogP contribution in [0.5, 0.6) is 0 Å². The van der Waals surface area contributed by atoms with Crippen LogP contribution in [-0.2, 0) is 5.21 Å². The fourth-order valence-corrected chi connectivity index (χ4v) is 1.90. The first-order valence-electron chi connectivity index (χ1n) is 4.46. The minimum absolute atomic E-state index is 0.254. The molecule has 3 heteroatoms. The summed E-state index contributed by atoms with van der Waals surface area (Å²) in [4.78, 5) is 0. The van der Waals surface area contributed by atoms with Gasteiger partial charge in [-0.3, -0.25) is 0 Å². The second-order valence-electron chi connectivity index (χ2n) is 4.32. The van der Waals surface area contributed by atoms with Gasteiger partial charge in [-0.1, -0.05) is 27.8 Å². The molecule has 0 aliphatic carbocycles. The molecular formula is C10H15BrNO. The first-order valence-corrected chi connectivity index (χ1v) is 5.58. The maximum absolute atomic E-state index is 11.9. The van der Waals surface area contributed by atoms with Crippen LogP contribution < -0.4 is 0 Å². The highest BCUT2D eigenvalue weighted by Crippen LogP contribution is 2.38. The van der Waals surface area contributed by atoms with Crippen LogP contribution in [0.4, 0.5) is 0 Å². The second kappa shape index (κ2) is 3.61. The van der Waals surface area contributed by atoms with E-state index >= 15 is 0 Å². The summed E-state index contributed by atoms with van der Waals surface area (Å²) in [5.41, 5.74) is -0.729. The van der Waals surface area contributed by atoms with Gasteiger partial charge in [0.2, 0.25) is 0 Å². The molecule has 0 aromatic heterocycles. The van der Waals surface area contributed by atoms with E-state index in [0.717, 1.165) is 17.9 Å². The average molecular weight is 245 g/mol. The smallest absolute Gasteiger partial charge is 0.107 e. The standard InChI is InChI=1S/C10H15BrNO/c1-9(2)6-7-10(3,12(9)13)5-4-8-11/h6-8H2,1-3H3. The van der Waals surface area contributed by atoms with Gasteiger partial charge in [-0.15, -0.1) is 10.3 Å². The molecule has 1 aliphatic rings. The van der Waals surface area contributed by atoms with Crippen molar-refractivity contribution in [1.82, 2.24) is 5.06 Å². The SMILES string of the molecule is CC1(C)CCC(C)(C#CCBr)N1[O]. The zero-order valence-corrected chi connectivity index (χ0v) is 9.94. The summed E-state index contributed by atoms with van der Waals surface area (Å²) in [6, 6.07) is 0. The molecule has 2 nitrogen and oxygen atoms in total. The summed E-state index contributed by atoms with van der Waals surface area (Å²) in [5.74, 6) is 5.95. The van der Waals surface area contributed by atoms with Crippen molar-refractivity contribution >= 4 is 15.9 Å². The number of hydroxylamine groups is 2. The molecule has 13 heavy (non-hydrogen) atoms. The predicted molar refractivity (Wildman–Crippen MR) is 55.8 cm³/mol. The molecule has 0 aromatic carbocycles. The summed E-state index contributed by atoms with van der Waals surface area (Å²) in [6.45, 7) is 5.87. The third kappa shape index (κ3) is 2.07. The van der Waals surface area contributed by atoms with Crippen molar-refractivity contribution in [1.29, 1.82) is 0 Å². The molecule has 1 rings (SSSR count). The zero-order chi connectivity index (χ0) is 10.1. The Morgan fingerprint density at radius 2 is 2.00 bits per heavy atom. The molecule has 1 atom stereocenters. The van der Waals surface area contributed by atoms with Gasteiger partial charge in [0.1, 0.15) is 5.54 Å². The van der Waals surface area contributed by atoms with E-state index in [4.69, 9.17) is 0 Å². The Labute approximate surface area is 88.4 Å². The first kappa shape index (κ1) is 11.0. The number of hydrogen-bond donors (Lipinski definition) is 0. The molecule has 1 saturated heterocycles. The second-order valence-corrected chi connectivity index (χ2v) is 4.88. The number of rotatable bonds is 0. The highest BCUT2D eigenvalue weighted by Gasteiger charge is 2.47. The number of alkyl halides is 1. The van der Waals surface area contributed by atoms with Crippen LogP contribution in [-0.4, -0.2) is 21.5 Å². The third-order valence-electron chi connectivity index (χ3n) is 2.65. The van der Waals surface area contributed by atoms with Crippen LogP contribution in [0.3, 0.4) is 0 Å². The maximum atomic E-state index is 11.9. The Balaban J connectivity index is 2.84. The summed E-state index contributed by atoms with van der Waals surface area (Å²) in [7, 11) is 0. The molecule has 0 saturated carbocycles. The molecule has 0 aromatic rings. The van der Waals surface area contributed by atoms with Crippen LogP contribution in [0, 0.1) is 11.8 Å². The van der Waals surface area contributed by atoms with Crippen LogP contribution in [0.1, 0.15) is 33.6 Å². The van der Waals surface area contributed by atoms with Gasteiger partial charge in [0, 0.05) is 5.54 Å². The van der Waals surface area contributed by atoms with Crippen molar-refractivity contribution in [2.24, 2.45) is 0 Å². The van der Waals surface area contributed by atoms with E-state index in [0.29, 0.717) is 5.33 Å². The van der Waals surface area contributed by atoms with Crippen molar-refractivity contribution < 1.29 is 5.21 Å². The van der Waals surface area contributed by atoms with Crippen molar-refractivity contribution in [2.45, 2.75) is 44.7 Å². The van der Waals surface area contributed by atoms with Gasteiger partial charge in [0.05, 0.1) is 5.33 Å². The van der Waals surface area contributed by atoms with E-state index in [1.807, 2.05) is 20.8 Å². The zero-order valence-electron chi connectivity index (χ0n) is 8.35. The third-order valence-corrected chi connectivity index (χ3v) is 2.93. The molecule has 0 bridgehead atoms. The summed E-state index contributed by atoms with van der Waals surface area (Å²) < 4.78 is 0. The van der Waals surface area contributed by atoms with Crippen LogP contribution in [0.2, 0.25) is 0 Å². The fourth-order valence-electron chi connectivity index (χ4n) is 1.76. The minimum atomic E-state index is -0.475. The molecule has 73 valence electrons. The van der Waals surface area contributed by atoms with Gasteiger partial charge >= 0.3 is 0 Å². The predicted octanol–water partition coefficient (Wildman–Crippen LogP) is 2.36. The van der Waals surface area contributed by atoms with Gasteiger partial charge in [-0.2, -0.15) is 0 Å². The topological polar surface area (TPSA) is 23.1 Å². The van der Waals surface area contributed by atoms with E-state index < -0.39 is 5.54 Å². The normalized spacial score (nSPS) is 32.7. The molecule has 0 amide bonds. The van der Waals surface area contributed by atoms with Crippen molar-refractivity contribution in [3.8, 4) is 11.8 Å². The number of nitrogens with zero attached hydrogens (tertiary/aromatic N) is 1. The molecule has 1 aliphatic heterocycles. The molecule has 1 unspecified atom stereocenters. The quantitative estimate of drug-likeness (QED) is 0.474. The molecule has 0 N–H and O–H groups in total. The minimum Gasteiger partial charge on any atom is -0.132 e. The molecule has 1 heterocycles. The van der Waals surface area contributed by atoms with Crippen LogP contribution in [0.15, 0.2) is 0 Å². The highest BCUT2D eigenvalue weighted by atomic mass is 79.9. The van der Waals surface area contributed by atoms with E-state index in [2.05, 4.69) is 27.8 Å². The lowest BCUT2D eigenvalue weighted by atomic mass is 10.00. The summed E-state index contributed by atoms with van der Waals surface area (Å²) >= 11 is 3.24. The van der Waals surface area contributed by atoms with Crippen molar-refractivity contribution in [3.63, 3.8) is 0 Å². The van der Waals surface area contributed by atoms with E-state index in [1.165, 1.54) is 0 Å².